The maximum absolute atomic E-state index is 12.4. The van der Waals surface area contributed by atoms with Crippen LogP contribution in [0, 0.1) is 0 Å². The maximum atomic E-state index is 12.4. The smallest absolute Gasteiger partial charge is 0.325 e. The number of benzene rings is 1. The predicted octanol–water partition coefficient (Wildman–Crippen LogP) is 0.856. The van der Waals surface area contributed by atoms with Gasteiger partial charge in [-0.15, -0.1) is 0 Å². The molecule has 1 amide bonds. The van der Waals surface area contributed by atoms with Gasteiger partial charge in [0.1, 0.15) is 12.3 Å². The molecule has 1 N–H and O–H groups in total. The van der Waals surface area contributed by atoms with E-state index in [0.717, 1.165) is 0 Å². The molecule has 6 heteroatoms. The second-order valence-electron chi connectivity index (χ2n) is 5.04. The Morgan fingerprint density at radius 1 is 1.45 bits per heavy atom. The lowest BCUT2D eigenvalue weighted by molar-refractivity contribution is -0.142. The molecule has 0 spiro atoms. The topological polar surface area (TPSA) is 76.1 Å². The van der Waals surface area contributed by atoms with E-state index >= 15 is 0 Å². The molecule has 1 aliphatic rings. The van der Waals surface area contributed by atoms with Crippen LogP contribution in [-0.4, -0.2) is 36.2 Å². The summed E-state index contributed by atoms with van der Waals surface area (Å²) >= 11 is 0. The monoisotopic (exact) mass is 279 g/mol. The van der Waals surface area contributed by atoms with Crippen molar-refractivity contribution >= 4 is 17.6 Å². The van der Waals surface area contributed by atoms with Crippen molar-refractivity contribution < 1.29 is 24.2 Å². The van der Waals surface area contributed by atoms with E-state index in [9.17, 15) is 9.59 Å². The number of methoxy groups -OCH3 is 1. The van der Waals surface area contributed by atoms with Crippen LogP contribution < -0.4 is 9.64 Å². The lowest BCUT2D eigenvalue weighted by atomic mass is 10.0. The molecular formula is C14H17NO5. The van der Waals surface area contributed by atoms with Gasteiger partial charge in [-0.3, -0.25) is 14.5 Å². The zero-order valence-electron chi connectivity index (χ0n) is 11.7. The Balaban J connectivity index is 2.46. The van der Waals surface area contributed by atoms with Crippen LogP contribution in [0.4, 0.5) is 5.69 Å². The quantitative estimate of drug-likeness (QED) is 0.830. The normalized spacial score (nSPS) is 16.4. The number of rotatable bonds is 3. The van der Waals surface area contributed by atoms with Crippen molar-refractivity contribution in [3.8, 4) is 5.75 Å². The number of fused-ring (bicyclic) bond motifs is 1. The Hall–Kier alpha value is -2.08. The van der Waals surface area contributed by atoms with Crippen LogP contribution in [-0.2, 0) is 20.9 Å². The zero-order valence-corrected chi connectivity index (χ0v) is 11.7. The summed E-state index contributed by atoms with van der Waals surface area (Å²) in [5.41, 5.74) is 0.0959. The molecule has 0 fully saturated rings. The third kappa shape index (κ3) is 2.46. The van der Waals surface area contributed by atoms with E-state index < -0.39 is 11.6 Å². The second kappa shape index (κ2) is 5.13. The minimum absolute atomic E-state index is 0.123. The van der Waals surface area contributed by atoms with Gasteiger partial charge in [-0.2, -0.15) is 0 Å². The fraction of sp³-hybridized carbons (Fsp3) is 0.429. The first kappa shape index (κ1) is 14.3. The van der Waals surface area contributed by atoms with Crippen molar-refractivity contribution in [1.82, 2.24) is 0 Å². The van der Waals surface area contributed by atoms with Crippen LogP contribution in [0.2, 0.25) is 0 Å². The van der Waals surface area contributed by atoms with Crippen molar-refractivity contribution in [2.24, 2.45) is 0 Å². The number of carbonyl (C=O) groups is 2. The van der Waals surface area contributed by atoms with Crippen molar-refractivity contribution in [3.63, 3.8) is 0 Å². The number of anilines is 1. The van der Waals surface area contributed by atoms with Gasteiger partial charge >= 0.3 is 5.97 Å². The van der Waals surface area contributed by atoms with Crippen LogP contribution in [0.1, 0.15) is 19.4 Å². The summed E-state index contributed by atoms with van der Waals surface area (Å²) in [7, 11) is 1.27. The van der Waals surface area contributed by atoms with Gasteiger partial charge < -0.3 is 14.6 Å². The molecule has 0 saturated carbocycles. The molecule has 0 unspecified atom stereocenters. The molecular weight excluding hydrogens is 262 g/mol. The van der Waals surface area contributed by atoms with E-state index in [4.69, 9.17) is 9.84 Å². The standard InChI is InChI=1S/C14H17NO5/c1-14(2)13(18)15(7-12(17)19-3)10-5-4-9(8-16)6-11(10)20-14/h4-6,16H,7-8H2,1-3H3. The number of amides is 1. The zero-order chi connectivity index (χ0) is 14.9. The van der Waals surface area contributed by atoms with E-state index in [0.29, 0.717) is 17.0 Å². The fourth-order valence-corrected chi connectivity index (χ4v) is 2.07. The van der Waals surface area contributed by atoms with Gasteiger partial charge in [0.05, 0.1) is 19.4 Å². The Morgan fingerprint density at radius 3 is 2.75 bits per heavy atom. The van der Waals surface area contributed by atoms with Gasteiger partial charge in [-0.25, -0.2) is 0 Å². The molecule has 1 aromatic carbocycles. The van der Waals surface area contributed by atoms with Gasteiger partial charge in [0.15, 0.2) is 5.60 Å². The molecule has 0 radical (unpaired) electrons. The Morgan fingerprint density at radius 2 is 2.15 bits per heavy atom. The number of hydrogen-bond donors (Lipinski definition) is 1. The molecule has 108 valence electrons. The Bertz CT molecular complexity index is 552. The second-order valence-corrected chi connectivity index (χ2v) is 5.04. The van der Waals surface area contributed by atoms with E-state index in [1.54, 1.807) is 32.0 Å². The molecule has 1 heterocycles. The number of carbonyl (C=O) groups excluding carboxylic acids is 2. The van der Waals surface area contributed by atoms with E-state index in [1.807, 2.05) is 0 Å². The Kier molecular flexibility index (Phi) is 3.67. The highest BCUT2D eigenvalue weighted by atomic mass is 16.5. The van der Waals surface area contributed by atoms with Crippen LogP contribution >= 0.6 is 0 Å². The van der Waals surface area contributed by atoms with Gasteiger partial charge in [0, 0.05) is 0 Å². The summed E-state index contributed by atoms with van der Waals surface area (Å²) in [5.74, 6) is -0.356. The summed E-state index contributed by atoms with van der Waals surface area (Å²) in [6, 6.07) is 4.99. The SMILES string of the molecule is COC(=O)CN1C(=O)C(C)(C)Oc2cc(CO)ccc21. The number of aliphatic hydroxyl groups excluding tert-OH is 1. The molecule has 2 rings (SSSR count). The first-order chi connectivity index (χ1) is 9.39. The number of nitrogens with zero attached hydrogens (tertiary/aromatic N) is 1. The number of aliphatic hydroxyl groups is 1. The molecule has 0 bridgehead atoms. The minimum atomic E-state index is -1.07. The van der Waals surface area contributed by atoms with Gasteiger partial charge in [0.2, 0.25) is 0 Å². The van der Waals surface area contributed by atoms with E-state index in [2.05, 4.69) is 4.74 Å². The van der Waals surface area contributed by atoms with Crippen molar-refractivity contribution in [3.05, 3.63) is 23.8 Å². The van der Waals surface area contributed by atoms with Crippen molar-refractivity contribution in [2.45, 2.75) is 26.1 Å². The number of esters is 1. The number of hydrogen-bond acceptors (Lipinski definition) is 5. The average Bonchev–Trinajstić information content (AvgIpc) is 2.42. The van der Waals surface area contributed by atoms with Gasteiger partial charge in [-0.05, 0) is 31.5 Å². The van der Waals surface area contributed by atoms with Gasteiger partial charge in [-0.1, -0.05) is 6.07 Å². The third-order valence-electron chi connectivity index (χ3n) is 3.14. The van der Waals surface area contributed by atoms with Crippen LogP contribution in [0.15, 0.2) is 18.2 Å². The lowest BCUT2D eigenvalue weighted by Crippen LogP contribution is -2.54. The largest absolute Gasteiger partial charge is 0.476 e. The first-order valence-electron chi connectivity index (χ1n) is 6.20. The molecule has 1 aromatic rings. The van der Waals surface area contributed by atoms with Crippen molar-refractivity contribution in [1.29, 1.82) is 0 Å². The first-order valence-corrected chi connectivity index (χ1v) is 6.20. The molecule has 0 aromatic heterocycles. The highest BCUT2D eigenvalue weighted by Gasteiger charge is 2.41. The highest BCUT2D eigenvalue weighted by molar-refractivity contribution is 6.05. The van der Waals surface area contributed by atoms with E-state index in [-0.39, 0.29) is 19.1 Å². The highest BCUT2D eigenvalue weighted by Crippen LogP contribution is 2.38. The molecule has 20 heavy (non-hydrogen) atoms. The average molecular weight is 279 g/mol. The van der Waals surface area contributed by atoms with Crippen LogP contribution in [0.5, 0.6) is 5.75 Å². The van der Waals surface area contributed by atoms with Crippen LogP contribution in [0.25, 0.3) is 0 Å². The summed E-state index contributed by atoms with van der Waals surface area (Å²) in [5, 5.41) is 9.16. The summed E-state index contributed by atoms with van der Waals surface area (Å²) in [6.07, 6.45) is 0. The Labute approximate surface area is 116 Å². The molecule has 1 aliphatic heterocycles. The summed E-state index contributed by atoms with van der Waals surface area (Å²) < 4.78 is 10.3. The summed E-state index contributed by atoms with van der Waals surface area (Å²) in [4.78, 5) is 25.2. The number of ether oxygens (including phenoxy) is 2. The predicted molar refractivity (Wildman–Crippen MR) is 71.4 cm³/mol. The third-order valence-corrected chi connectivity index (χ3v) is 3.14. The van der Waals surface area contributed by atoms with Crippen molar-refractivity contribution in [2.75, 3.05) is 18.6 Å². The minimum Gasteiger partial charge on any atom is -0.476 e. The molecule has 6 nitrogen and oxygen atoms in total. The molecule has 0 saturated heterocycles. The molecule has 0 aliphatic carbocycles. The fourth-order valence-electron chi connectivity index (χ4n) is 2.07. The molecule has 0 atom stereocenters. The maximum Gasteiger partial charge on any atom is 0.325 e. The lowest BCUT2D eigenvalue weighted by Gasteiger charge is -2.38. The van der Waals surface area contributed by atoms with E-state index in [1.165, 1.54) is 12.0 Å². The summed E-state index contributed by atoms with van der Waals surface area (Å²) in [6.45, 7) is 2.97. The van der Waals surface area contributed by atoms with Gasteiger partial charge in [0.25, 0.3) is 5.91 Å². The van der Waals surface area contributed by atoms with Crippen LogP contribution in [0.3, 0.4) is 0 Å².